The van der Waals surface area contributed by atoms with Crippen LogP contribution in [0.5, 0.6) is 5.75 Å². The summed E-state index contributed by atoms with van der Waals surface area (Å²) < 4.78 is 44.5. The van der Waals surface area contributed by atoms with Gasteiger partial charge in [0.25, 0.3) is 5.91 Å². The van der Waals surface area contributed by atoms with E-state index in [1.54, 1.807) is 29.2 Å². The first-order valence-corrected chi connectivity index (χ1v) is 9.35. The minimum atomic E-state index is -4.51. The first-order chi connectivity index (χ1) is 14.2. The van der Waals surface area contributed by atoms with E-state index in [1.807, 2.05) is 11.0 Å². The number of alkyl halides is 3. The lowest BCUT2D eigenvalue weighted by Gasteiger charge is -2.35. The highest BCUT2D eigenvalue weighted by Gasteiger charge is 2.31. The molecule has 2 aromatic rings. The van der Waals surface area contributed by atoms with Gasteiger partial charge in [-0.15, -0.1) is 0 Å². The smallest absolute Gasteiger partial charge is 0.416 e. The van der Waals surface area contributed by atoms with Gasteiger partial charge in [-0.3, -0.25) is 9.69 Å². The number of carboxylic acids is 1. The fraction of sp³-hybridized carbons (Fsp3) is 0.333. The van der Waals surface area contributed by atoms with Crippen molar-refractivity contribution in [2.24, 2.45) is 0 Å². The summed E-state index contributed by atoms with van der Waals surface area (Å²) in [6.45, 7) is 1.36. The topological polar surface area (TPSA) is 70.1 Å². The Morgan fingerprint density at radius 2 is 1.67 bits per heavy atom. The number of carbonyl (C=O) groups is 2. The molecule has 1 aliphatic rings. The van der Waals surface area contributed by atoms with E-state index >= 15 is 0 Å². The van der Waals surface area contributed by atoms with Gasteiger partial charge >= 0.3 is 12.1 Å². The lowest BCUT2D eigenvalue weighted by atomic mass is 10.1. The molecule has 6 nitrogen and oxygen atoms in total. The molecule has 1 fully saturated rings. The molecule has 0 saturated carbocycles. The normalized spacial score (nSPS) is 15.1. The summed E-state index contributed by atoms with van der Waals surface area (Å²) in [4.78, 5) is 26.9. The molecule has 0 bridgehead atoms. The molecular formula is C21H21F3N2O4. The molecule has 0 aliphatic carbocycles. The first-order valence-electron chi connectivity index (χ1n) is 9.35. The minimum Gasteiger partial charge on any atom is -0.482 e. The molecule has 1 aliphatic heterocycles. The Morgan fingerprint density at radius 1 is 1.00 bits per heavy atom. The van der Waals surface area contributed by atoms with Crippen molar-refractivity contribution in [2.45, 2.75) is 12.7 Å². The van der Waals surface area contributed by atoms with Gasteiger partial charge in [0.05, 0.1) is 5.56 Å². The number of carboxylic acid groups (broad SMARTS) is 1. The van der Waals surface area contributed by atoms with Crippen molar-refractivity contribution < 1.29 is 32.6 Å². The molecule has 1 saturated heterocycles. The van der Waals surface area contributed by atoms with Gasteiger partial charge in [0.15, 0.2) is 6.61 Å². The van der Waals surface area contributed by atoms with Gasteiger partial charge in [0.1, 0.15) is 5.75 Å². The summed E-state index contributed by atoms with van der Waals surface area (Å²) in [5, 5.41) is 8.79. The Kier molecular flexibility index (Phi) is 6.61. The molecule has 9 heteroatoms. The molecule has 1 heterocycles. The van der Waals surface area contributed by atoms with Crippen molar-refractivity contribution in [3.05, 3.63) is 65.2 Å². The maximum atomic E-state index is 13.1. The SMILES string of the molecule is O=C(O)COc1ccc(C(F)(F)F)cc1CN1CCN(C(=O)c2ccccc2)CC1. The van der Waals surface area contributed by atoms with Crippen LogP contribution in [-0.4, -0.2) is 59.6 Å². The quantitative estimate of drug-likeness (QED) is 0.775. The molecule has 1 amide bonds. The molecular weight excluding hydrogens is 401 g/mol. The molecule has 0 radical (unpaired) electrons. The third-order valence-electron chi connectivity index (χ3n) is 4.81. The Labute approximate surface area is 171 Å². The first kappa shape index (κ1) is 21.6. The van der Waals surface area contributed by atoms with Crippen LogP contribution < -0.4 is 4.74 Å². The standard InChI is InChI=1S/C21H21F3N2O4/c22-21(23,24)17-6-7-18(30-14-19(27)28)16(12-17)13-25-8-10-26(11-9-25)20(29)15-4-2-1-3-5-15/h1-7,12H,8-11,13-14H2,(H,27,28). The number of carbonyl (C=O) groups excluding carboxylic acids is 1. The molecule has 2 aromatic carbocycles. The molecule has 30 heavy (non-hydrogen) atoms. The van der Waals surface area contributed by atoms with Crippen LogP contribution >= 0.6 is 0 Å². The number of aliphatic carboxylic acids is 1. The van der Waals surface area contributed by atoms with Gasteiger partial charge in [0, 0.05) is 43.9 Å². The van der Waals surface area contributed by atoms with Gasteiger partial charge in [-0.05, 0) is 30.3 Å². The number of benzene rings is 2. The second kappa shape index (κ2) is 9.17. The van der Waals surface area contributed by atoms with Crippen LogP contribution in [0.1, 0.15) is 21.5 Å². The van der Waals surface area contributed by atoms with Crippen molar-refractivity contribution >= 4 is 11.9 Å². The fourth-order valence-electron chi connectivity index (χ4n) is 3.27. The number of ether oxygens (including phenoxy) is 1. The predicted molar refractivity (Wildman–Crippen MR) is 102 cm³/mol. The highest BCUT2D eigenvalue weighted by molar-refractivity contribution is 5.94. The maximum Gasteiger partial charge on any atom is 0.416 e. The average Bonchev–Trinajstić information content (AvgIpc) is 2.72. The van der Waals surface area contributed by atoms with Gasteiger partial charge in [-0.2, -0.15) is 13.2 Å². The lowest BCUT2D eigenvalue weighted by molar-refractivity contribution is -0.140. The average molecular weight is 422 g/mol. The molecule has 0 spiro atoms. The number of hydrogen-bond acceptors (Lipinski definition) is 4. The number of amides is 1. The van der Waals surface area contributed by atoms with Crippen molar-refractivity contribution in [1.29, 1.82) is 0 Å². The van der Waals surface area contributed by atoms with E-state index in [0.717, 1.165) is 18.2 Å². The second-order valence-electron chi connectivity index (χ2n) is 6.94. The molecule has 0 unspecified atom stereocenters. The lowest BCUT2D eigenvalue weighted by Crippen LogP contribution is -2.48. The number of piperazine rings is 1. The van der Waals surface area contributed by atoms with Gasteiger partial charge in [-0.25, -0.2) is 4.79 Å². The Hall–Kier alpha value is -3.07. The summed E-state index contributed by atoms with van der Waals surface area (Å²) in [5.41, 5.74) is 0.0279. The van der Waals surface area contributed by atoms with Crippen LogP contribution in [0.25, 0.3) is 0 Å². The van der Waals surface area contributed by atoms with Gasteiger partial charge in [0.2, 0.25) is 0 Å². The fourth-order valence-corrected chi connectivity index (χ4v) is 3.27. The molecule has 160 valence electrons. The van der Waals surface area contributed by atoms with Crippen LogP contribution in [0.4, 0.5) is 13.2 Å². The Morgan fingerprint density at radius 3 is 2.27 bits per heavy atom. The Balaban J connectivity index is 1.68. The van der Waals surface area contributed by atoms with E-state index in [9.17, 15) is 22.8 Å². The van der Waals surface area contributed by atoms with E-state index in [-0.39, 0.29) is 23.8 Å². The molecule has 0 aromatic heterocycles. The number of nitrogens with zero attached hydrogens (tertiary/aromatic N) is 2. The zero-order valence-electron chi connectivity index (χ0n) is 16.1. The largest absolute Gasteiger partial charge is 0.482 e. The minimum absolute atomic E-state index is 0.0835. The maximum absolute atomic E-state index is 13.1. The number of rotatable bonds is 6. The van der Waals surface area contributed by atoms with E-state index in [1.165, 1.54) is 0 Å². The molecule has 1 N–H and O–H groups in total. The molecule has 0 atom stereocenters. The van der Waals surface area contributed by atoms with Crippen LogP contribution in [0.3, 0.4) is 0 Å². The van der Waals surface area contributed by atoms with Gasteiger partial charge < -0.3 is 14.7 Å². The summed E-state index contributed by atoms with van der Waals surface area (Å²) in [5.74, 6) is -1.19. The zero-order chi connectivity index (χ0) is 21.7. The van der Waals surface area contributed by atoms with Crippen LogP contribution in [0.2, 0.25) is 0 Å². The number of halogens is 3. The van der Waals surface area contributed by atoms with Crippen LogP contribution in [-0.2, 0) is 17.5 Å². The third kappa shape index (κ3) is 5.50. The predicted octanol–water partition coefficient (Wildman–Crippen LogP) is 3.13. The summed E-state index contributed by atoms with van der Waals surface area (Å²) in [6, 6.07) is 11.9. The van der Waals surface area contributed by atoms with Crippen molar-refractivity contribution in [3.63, 3.8) is 0 Å². The van der Waals surface area contributed by atoms with Crippen molar-refractivity contribution in [1.82, 2.24) is 9.80 Å². The number of hydrogen-bond donors (Lipinski definition) is 1. The zero-order valence-corrected chi connectivity index (χ0v) is 16.1. The summed E-state index contributed by atoms with van der Waals surface area (Å²) in [7, 11) is 0. The van der Waals surface area contributed by atoms with E-state index in [0.29, 0.717) is 31.7 Å². The van der Waals surface area contributed by atoms with E-state index in [4.69, 9.17) is 9.84 Å². The van der Waals surface area contributed by atoms with Gasteiger partial charge in [-0.1, -0.05) is 18.2 Å². The highest BCUT2D eigenvalue weighted by Crippen LogP contribution is 2.33. The van der Waals surface area contributed by atoms with Crippen molar-refractivity contribution in [3.8, 4) is 5.75 Å². The second-order valence-corrected chi connectivity index (χ2v) is 6.94. The van der Waals surface area contributed by atoms with E-state index in [2.05, 4.69) is 0 Å². The third-order valence-corrected chi connectivity index (χ3v) is 4.81. The monoisotopic (exact) mass is 422 g/mol. The van der Waals surface area contributed by atoms with Crippen LogP contribution in [0.15, 0.2) is 48.5 Å². The molecule has 3 rings (SSSR count). The van der Waals surface area contributed by atoms with Crippen molar-refractivity contribution in [2.75, 3.05) is 32.8 Å². The van der Waals surface area contributed by atoms with E-state index < -0.39 is 24.3 Å². The highest BCUT2D eigenvalue weighted by atomic mass is 19.4. The summed E-state index contributed by atoms with van der Waals surface area (Å²) in [6.07, 6.45) is -4.51. The Bertz CT molecular complexity index is 895. The summed E-state index contributed by atoms with van der Waals surface area (Å²) >= 11 is 0. The van der Waals surface area contributed by atoms with Crippen LogP contribution in [0, 0.1) is 0 Å².